The number of amides is 1. The highest BCUT2D eigenvalue weighted by Crippen LogP contribution is 2.21. The molecule has 0 bridgehead atoms. The van der Waals surface area contributed by atoms with Gasteiger partial charge in [-0.15, -0.1) is 0 Å². The van der Waals surface area contributed by atoms with E-state index in [1.54, 1.807) is 12.1 Å². The Kier molecular flexibility index (Phi) is 13.6. The molecule has 228 valence electrons. The normalized spacial score (nSPS) is 10.9. The van der Waals surface area contributed by atoms with E-state index < -0.39 is 17.4 Å². The molecule has 0 atom stereocenters. The topological polar surface area (TPSA) is 143 Å². The second-order valence-electron chi connectivity index (χ2n) is 9.16. The van der Waals surface area contributed by atoms with E-state index in [4.69, 9.17) is 14.6 Å². The summed E-state index contributed by atoms with van der Waals surface area (Å²) in [7, 11) is 0. The van der Waals surface area contributed by atoms with Crippen molar-refractivity contribution in [3.63, 3.8) is 0 Å². The first-order chi connectivity index (χ1) is 20.3. The lowest BCUT2D eigenvalue weighted by Crippen LogP contribution is -2.24. The number of hydrogen-bond acceptors (Lipinski definition) is 10. The fraction of sp³-hybridized carbons (Fsp3) is 0.429. The number of rotatable bonds is 19. The summed E-state index contributed by atoms with van der Waals surface area (Å²) in [6, 6.07) is 8.18. The largest absolute Gasteiger partial charge is 0.503 e. The highest BCUT2D eigenvalue weighted by molar-refractivity contribution is 5.75. The maximum atomic E-state index is 13.5. The van der Waals surface area contributed by atoms with Gasteiger partial charge in [0, 0.05) is 32.6 Å². The molecule has 1 heterocycles. The van der Waals surface area contributed by atoms with Gasteiger partial charge in [0.05, 0.1) is 26.4 Å². The van der Waals surface area contributed by atoms with Crippen LogP contribution in [0.25, 0.3) is 0 Å². The number of unbranched alkanes of at least 4 members (excludes halogenated alkanes) is 1. The van der Waals surface area contributed by atoms with Crippen molar-refractivity contribution in [2.75, 3.05) is 55.5 Å². The number of aromatic nitrogens is 3. The minimum Gasteiger partial charge on any atom is -0.503 e. The molecular formula is C28H36F3N7O4. The minimum atomic E-state index is -1.09. The summed E-state index contributed by atoms with van der Waals surface area (Å²) in [5.74, 6) is -2.77. The summed E-state index contributed by atoms with van der Waals surface area (Å²) < 4.78 is 51.1. The van der Waals surface area contributed by atoms with Gasteiger partial charge in [-0.05, 0) is 41.8 Å². The van der Waals surface area contributed by atoms with Crippen LogP contribution in [0.4, 0.5) is 31.0 Å². The van der Waals surface area contributed by atoms with Crippen LogP contribution >= 0.6 is 0 Å². The van der Waals surface area contributed by atoms with Crippen molar-refractivity contribution in [1.82, 2.24) is 20.3 Å². The number of anilines is 3. The summed E-state index contributed by atoms with van der Waals surface area (Å²) in [4.78, 5) is 25.0. The Morgan fingerprint density at radius 3 is 2.12 bits per heavy atom. The number of benzene rings is 2. The van der Waals surface area contributed by atoms with E-state index in [-0.39, 0.29) is 43.5 Å². The molecule has 0 aliphatic carbocycles. The molecule has 11 nitrogen and oxygen atoms in total. The highest BCUT2D eigenvalue weighted by atomic mass is 19.1. The molecule has 42 heavy (non-hydrogen) atoms. The average Bonchev–Trinajstić information content (AvgIpc) is 2.97. The Morgan fingerprint density at radius 1 is 0.810 bits per heavy atom. The third-order valence-electron chi connectivity index (χ3n) is 5.73. The second-order valence-corrected chi connectivity index (χ2v) is 9.16. The van der Waals surface area contributed by atoms with E-state index in [2.05, 4.69) is 43.1 Å². The van der Waals surface area contributed by atoms with Crippen LogP contribution in [0.2, 0.25) is 0 Å². The van der Waals surface area contributed by atoms with Crippen LogP contribution in [0, 0.1) is 17.5 Å². The van der Waals surface area contributed by atoms with Gasteiger partial charge in [0.25, 0.3) is 0 Å². The molecule has 1 aromatic heterocycles. The molecule has 3 aromatic rings. The number of nitrogens with one attached hydrogen (secondary N) is 4. The molecule has 0 saturated heterocycles. The average molecular weight is 592 g/mol. The first kappa shape index (κ1) is 32.3. The Balaban J connectivity index is 1.31. The number of aromatic hydroxyl groups is 1. The maximum Gasteiger partial charge on any atom is 0.229 e. The van der Waals surface area contributed by atoms with Crippen LogP contribution in [0.3, 0.4) is 0 Å². The minimum absolute atomic E-state index is 0.0637. The molecule has 0 aliphatic rings. The molecular weight excluding hydrogens is 555 g/mol. The Labute approximate surface area is 242 Å². The van der Waals surface area contributed by atoms with Crippen LogP contribution in [-0.2, 0) is 27.4 Å². The fourth-order valence-corrected chi connectivity index (χ4v) is 3.55. The highest BCUT2D eigenvalue weighted by Gasteiger charge is 2.11. The van der Waals surface area contributed by atoms with Gasteiger partial charge in [0.15, 0.2) is 17.4 Å². The Bertz CT molecular complexity index is 1260. The van der Waals surface area contributed by atoms with E-state index >= 15 is 0 Å². The molecule has 0 fully saturated rings. The summed E-state index contributed by atoms with van der Waals surface area (Å²) in [6.07, 6.45) is 2.05. The smallest absolute Gasteiger partial charge is 0.229 e. The molecule has 0 radical (unpaired) electrons. The fourth-order valence-electron chi connectivity index (χ4n) is 3.55. The Hall–Kier alpha value is -4.17. The number of phenolic OH excluding ortho intramolecular Hbond substituents is 1. The zero-order valence-corrected chi connectivity index (χ0v) is 23.4. The molecule has 0 unspecified atom stereocenters. The lowest BCUT2D eigenvalue weighted by molar-refractivity contribution is -0.122. The molecule has 0 aliphatic heterocycles. The van der Waals surface area contributed by atoms with Gasteiger partial charge in [0.1, 0.15) is 5.82 Å². The molecule has 3 rings (SSSR count). The number of ether oxygens (including phenoxy) is 2. The molecule has 0 saturated carbocycles. The van der Waals surface area contributed by atoms with Crippen molar-refractivity contribution in [2.45, 2.75) is 39.3 Å². The predicted molar refractivity (Wildman–Crippen MR) is 152 cm³/mol. The van der Waals surface area contributed by atoms with E-state index in [1.807, 2.05) is 0 Å². The second kappa shape index (κ2) is 17.6. The van der Waals surface area contributed by atoms with E-state index in [0.29, 0.717) is 50.7 Å². The number of carbonyl (C=O) groups is 1. The number of carbonyl (C=O) groups excluding carboxylic acids is 1. The predicted octanol–water partition coefficient (Wildman–Crippen LogP) is 3.97. The van der Waals surface area contributed by atoms with Gasteiger partial charge in [0.2, 0.25) is 23.8 Å². The summed E-state index contributed by atoms with van der Waals surface area (Å²) in [6.45, 7) is 4.56. The quantitative estimate of drug-likeness (QED) is 0.130. The molecule has 1 amide bonds. The van der Waals surface area contributed by atoms with Crippen molar-refractivity contribution in [1.29, 1.82) is 0 Å². The van der Waals surface area contributed by atoms with Crippen molar-refractivity contribution >= 4 is 23.8 Å². The Morgan fingerprint density at radius 2 is 1.45 bits per heavy atom. The van der Waals surface area contributed by atoms with Crippen LogP contribution in [0.1, 0.15) is 37.3 Å². The van der Waals surface area contributed by atoms with Gasteiger partial charge < -0.3 is 35.8 Å². The number of hydrogen-bond donors (Lipinski definition) is 5. The van der Waals surface area contributed by atoms with Crippen LogP contribution in [0.15, 0.2) is 36.4 Å². The molecule has 0 spiro atoms. The van der Waals surface area contributed by atoms with Crippen molar-refractivity contribution in [2.24, 2.45) is 0 Å². The number of halogens is 3. The van der Waals surface area contributed by atoms with Gasteiger partial charge >= 0.3 is 0 Å². The van der Waals surface area contributed by atoms with Gasteiger partial charge in [-0.2, -0.15) is 15.0 Å². The lowest BCUT2D eigenvalue weighted by Gasteiger charge is -2.12. The third-order valence-corrected chi connectivity index (χ3v) is 5.73. The van der Waals surface area contributed by atoms with E-state index in [9.17, 15) is 18.0 Å². The first-order valence-electron chi connectivity index (χ1n) is 13.6. The van der Waals surface area contributed by atoms with Crippen LogP contribution in [-0.4, -0.2) is 65.5 Å². The molecule has 14 heteroatoms. The molecule has 5 N–H and O–H groups in total. The SMILES string of the molecule is CCCCNc1nc(NCCOCCOCCC(=O)NCc2cc(F)c(O)c(F)c2)nc(NCc2cccc(F)c2)n1. The van der Waals surface area contributed by atoms with Gasteiger partial charge in [-0.25, -0.2) is 13.2 Å². The summed E-state index contributed by atoms with van der Waals surface area (Å²) in [5, 5.41) is 21.0. The lowest BCUT2D eigenvalue weighted by atomic mass is 10.2. The number of nitrogens with zero attached hydrogens (tertiary/aromatic N) is 3. The van der Waals surface area contributed by atoms with Gasteiger partial charge in [-0.3, -0.25) is 4.79 Å². The van der Waals surface area contributed by atoms with E-state index in [0.717, 1.165) is 30.5 Å². The van der Waals surface area contributed by atoms with Crippen molar-refractivity contribution < 1.29 is 32.5 Å². The van der Waals surface area contributed by atoms with Crippen molar-refractivity contribution in [3.8, 4) is 5.75 Å². The maximum absolute atomic E-state index is 13.5. The zero-order chi connectivity index (χ0) is 30.2. The van der Waals surface area contributed by atoms with Crippen LogP contribution in [0.5, 0.6) is 5.75 Å². The zero-order valence-electron chi connectivity index (χ0n) is 23.4. The van der Waals surface area contributed by atoms with E-state index in [1.165, 1.54) is 12.1 Å². The van der Waals surface area contributed by atoms with Crippen molar-refractivity contribution in [3.05, 3.63) is 65.0 Å². The third kappa shape index (κ3) is 11.7. The summed E-state index contributed by atoms with van der Waals surface area (Å²) in [5.41, 5.74) is 0.945. The van der Waals surface area contributed by atoms with Crippen LogP contribution < -0.4 is 21.3 Å². The standard InChI is InChI=1S/C28H36F3N7O4/c1-2-3-8-32-26-36-27(38-28(37-26)35-17-19-5-4-6-21(29)14-19)33-9-11-42-13-12-41-10-7-24(39)34-18-20-15-22(30)25(40)23(31)16-20/h4-6,14-16,40H,2-3,7-13,17-18H2,1H3,(H,34,39)(H3,32,33,35,36,37,38). The molecule has 2 aromatic carbocycles. The monoisotopic (exact) mass is 591 g/mol. The summed E-state index contributed by atoms with van der Waals surface area (Å²) >= 11 is 0. The first-order valence-corrected chi connectivity index (χ1v) is 13.6. The number of phenols is 1. The van der Waals surface area contributed by atoms with Gasteiger partial charge in [-0.1, -0.05) is 25.5 Å².